The van der Waals surface area contributed by atoms with Crippen LogP contribution >= 0.6 is 0 Å². The summed E-state index contributed by atoms with van der Waals surface area (Å²) in [6.45, 7) is 2.23. The molecule has 0 N–H and O–H groups in total. The van der Waals surface area contributed by atoms with Crippen LogP contribution in [0.15, 0.2) is 20.5 Å². The standard InChI is InChI=1S/C5H5N5/c1-4(2-6)5(10-8-4)3-7-9-5/h3H2,1H3. The van der Waals surface area contributed by atoms with Crippen LogP contribution in [0.25, 0.3) is 0 Å². The molecule has 0 saturated heterocycles. The van der Waals surface area contributed by atoms with Gasteiger partial charge in [-0.05, 0) is 6.92 Å². The van der Waals surface area contributed by atoms with Crippen molar-refractivity contribution >= 4 is 0 Å². The lowest BCUT2D eigenvalue weighted by atomic mass is 9.84. The van der Waals surface area contributed by atoms with Gasteiger partial charge in [-0.3, -0.25) is 0 Å². The summed E-state index contributed by atoms with van der Waals surface area (Å²) in [6, 6.07) is 2.06. The molecule has 2 aliphatic rings. The Labute approximate surface area is 57.5 Å². The maximum absolute atomic E-state index is 8.64. The van der Waals surface area contributed by atoms with Crippen LogP contribution < -0.4 is 0 Å². The quantitative estimate of drug-likeness (QED) is 0.486. The minimum atomic E-state index is -0.741. The van der Waals surface area contributed by atoms with Crippen LogP contribution in [0.4, 0.5) is 0 Å². The molecule has 0 aromatic carbocycles. The van der Waals surface area contributed by atoms with Crippen LogP contribution in [0, 0.1) is 11.3 Å². The van der Waals surface area contributed by atoms with Gasteiger partial charge in [-0.15, -0.1) is 0 Å². The summed E-state index contributed by atoms with van der Waals surface area (Å²) < 4.78 is 0. The Kier molecular flexibility index (Phi) is 0.676. The highest BCUT2D eigenvalue weighted by atomic mass is 15.5. The molecule has 5 nitrogen and oxygen atoms in total. The average molecular weight is 135 g/mol. The molecular formula is C5H5N5. The smallest absolute Gasteiger partial charge is 0.195 e. The zero-order valence-corrected chi connectivity index (χ0v) is 5.44. The Morgan fingerprint density at radius 1 is 1.40 bits per heavy atom. The maximum Gasteiger partial charge on any atom is 0.251 e. The average Bonchev–Trinajstić information content (AvgIpc) is 1.81. The van der Waals surface area contributed by atoms with E-state index in [4.69, 9.17) is 5.26 Å². The van der Waals surface area contributed by atoms with E-state index in [9.17, 15) is 0 Å². The molecule has 2 atom stereocenters. The van der Waals surface area contributed by atoms with Gasteiger partial charge >= 0.3 is 0 Å². The summed E-state index contributed by atoms with van der Waals surface area (Å²) in [6.07, 6.45) is 0. The monoisotopic (exact) mass is 135 g/mol. The van der Waals surface area contributed by atoms with Gasteiger partial charge in [-0.2, -0.15) is 25.7 Å². The second-order valence-corrected chi connectivity index (χ2v) is 2.60. The minimum Gasteiger partial charge on any atom is -0.195 e. The molecule has 0 saturated carbocycles. The normalized spacial score (nSPS) is 48.0. The topological polar surface area (TPSA) is 73.2 Å². The zero-order chi connectivity index (χ0) is 7.24. The summed E-state index contributed by atoms with van der Waals surface area (Å²) >= 11 is 0. The molecule has 0 radical (unpaired) electrons. The first-order valence-electron chi connectivity index (χ1n) is 2.96. The van der Waals surface area contributed by atoms with Gasteiger partial charge in [0, 0.05) is 0 Å². The van der Waals surface area contributed by atoms with Crippen molar-refractivity contribution in [3.8, 4) is 6.07 Å². The van der Waals surface area contributed by atoms with Gasteiger partial charge in [-0.25, -0.2) is 0 Å². The molecule has 0 amide bonds. The molecule has 0 fully saturated rings. The van der Waals surface area contributed by atoms with Gasteiger partial charge < -0.3 is 0 Å². The van der Waals surface area contributed by atoms with E-state index in [2.05, 4.69) is 26.5 Å². The van der Waals surface area contributed by atoms with Crippen LogP contribution in [-0.4, -0.2) is 17.7 Å². The van der Waals surface area contributed by atoms with Crippen molar-refractivity contribution in [3.63, 3.8) is 0 Å². The number of nitrogens with zero attached hydrogens (tertiary/aromatic N) is 5. The van der Waals surface area contributed by atoms with Crippen LogP contribution in [0.5, 0.6) is 0 Å². The van der Waals surface area contributed by atoms with Crippen LogP contribution in [0.2, 0.25) is 0 Å². The first-order valence-corrected chi connectivity index (χ1v) is 2.96. The van der Waals surface area contributed by atoms with Crippen molar-refractivity contribution in [1.82, 2.24) is 0 Å². The SMILES string of the molecule is CC1(C#N)N=NC12CN=N2. The molecule has 5 heteroatoms. The van der Waals surface area contributed by atoms with Crippen molar-refractivity contribution < 1.29 is 0 Å². The fraction of sp³-hybridized carbons (Fsp3) is 0.800. The number of azo groups is 2. The Balaban J connectivity index is 2.41. The predicted octanol–water partition coefficient (Wildman–Crippen LogP) is 0.897. The summed E-state index contributed by atoms with van der Waals surface area (Å²) in [5.41, 5.74) is -1.34. The van der Waals surface area contributed by atoms with Gasteiger partial charge in [0.15, 0.2) is 0 Å². The number of hydrogen-bond acceptors (Lipinski definition) is 5. The predicted molar refractivity (Wildman–Crippen MR) is 31.3 cm³/mol. The lowest BCUT2D eigenvalue weighted by molar-refractivity contribution is 0.160. The van der Waals surface area contributed by atoms with Gasteiger partial charge in [0.05, 0.1) is 6.07 Å². The third kappa shape index (κ3) is 0.328. The molecule has 0 aromatic rings. The van der Waals surface area contributed by atoms with Crippen molar-refractivity contribution in [2.24, 2.45) is 20.5 Å². The van der Waals surface area contributed by atoms with Crippen LogP contribution in [0.3, 0.4) is 0 Å². The molecule has 10 heavy (non-hydrogen) atoms. The van der Waals surface area contributed by atoms with E-state index in [1.807, 2.05) is 0 Å². The Bertz CT molecular complexity index is 274. The Morgan fingerprint density at radius 3 is 2.20 bits per heavy atom. The molecule has 2 rings (SSSR count). The first-order chi connectivity index (χ1) is 4.72. The van der Waals surface area contributed by atoms with Gasteiger partial charge in [-0.1, -0.05) is 0 Å². The van der Waals surface area contributed by atoms with E-state index >= 15 is 0 Å². The molecule has 2 heterocycles. The number of hydrogen-bond donors (Lipinski definition) is 0. The molecule has 50 valence electrons. The summed E-state index contributed by atoms with van der Waals surface area (Å²) in [5.74, 6) is 0. The van der Waals surface area contributed by atoms with E-state index in [0.29, 0.717) is 6.54 Å². The van der Waals surface area contributed by atoms with Crippen LogP contribution in [-0.2, 0) is 0 Å². The third-order valence-corrected chi connectivity index (χ3v) is 1.94. The summed E-state index contributed by atoms with van der Waals surface area (Å²) in [5, 5.41) is 23.5. The van der Waals surface area contributed by atoms with Crippen molar-refractivity contribution in [1.29, 1.82) is 5.26 Å². The fourth-order valence-electron chi connectivity index (χ4n) is 0.935. The van der Waals surface area contributed by atoms with Gasteiger partial charge in [0.2, 0.25) is 5.54 Å². The minimum absolute atomic E-state index is 0.514. The molecule has 2 unspecified atom stereocenters. The molecular weight excluding hydrogens is 130 g/mol. The van der Waals surface area contributed by atoms with Crippen LogP contribution in [0.1, 0.15) is 6.92 Å². The fourth-order valence-corrected chi connectivity index (χ4v) is 0.935. The van der Waals surface area contributed by atoms with Gasteiger partial charge in [0.25, 0.3) is 5.66 Å². The highest BCUT2D eigenvalue weighted by molar-refractivity contribution is 5.26. The van der Waals surface area contributed by atoms with E-state index in [-0.39, 0.29) is 0 Å². The first kappa shape index (κ1) is 5.47. The number of rotatable bonds is 0. The van der Waals surface area contributed by atoms with E-state index in [1.165, 1.54) is 0 Å². The van der Waals surface area contributed by atoms with E-state index in [0.717, 1.165) is 0 Å². The molecule has 0 aromatic heterocycles. The number of nitriles is 1. The molecule has 1 spiro atoms. The molecule has 2 aliphatic heterocycles. The Hall–Kier alpha value is -1.31. The van der Waals surface area contributed by atoms with Crippen molar-refractivity contribution in [2.75, 3.05) is 6.54 Å². The molecule has 0 bridgehead atoms. The molecule has 0 aliphatic carbocycles. The van der Waals surface area contributed by atoms with Crippen molar-refractivity contribution in [3.05, 3.63) is 0 Å². The van der Waals surface area contributed by atoms with Gasteiger partial charge in [0.1, 0.15) is 6.54 Å². The summed E-state index contributed by atoms with van der Waals surface area (Å²) in [4.78, 5) is 0. The Morgan fingerprint density at radius 2 is 2.10 bits per heavy atom. The van der Waals surface area contributed by atoms with E-state index in [1.54, 1.807) is 6.92 Å². The third-order valence-electron chi connectivity index (χ3n) is 1.94. The highest BCUT2D eigenvalue weighted by Crippen LogP contribution is 2.44. The largest absolute Gasteiger partial charge is 0.251 e. The highest BCUT2D eigenvalue weighted by Gasteiger charge is 2.61. The van der Waals surface area contributed by atoms with Crippen molar-refractivity contribution in [2.45, 2.75) is 18.1 Å². The zero-order valence-electron chi connectivity index (χ0n) is 5.44. The summed E-state index contributed by atoms with van der Waals surface area (Å²) in [7, 11) is 0. The second kappa shape index (κ2) is 1.24. The second-order valence-electron chi connectivity index (χ2n) is 2.60. The lowest BCUT2D eigenvalue weighted by Crippen LogP contribution is -2.58. The lowest BCUT2D eigenvalue weighted by Gasteiger charge is -2.41. The maximum atomic E-state index is 8.64. The van der Waals surface area contributed by atoms with E-state index < -0.39 is 11.2 Å².